The van der Waals surface area contributed by atoms with Crippen molar-refractivity contribution in [2.45, 2.75) is 12.7 Å². The lowest BCUT2D eigenvalue weighted by molar-refractivity contribution is -0.137. The minimum atomic E-state index is -4.61. The Morgan fingerprint density at radius 1 is 1.21 bits per heavy atom. The van der Waals surface area contributed by atoms with Crippen molar-refractivity contribution in [3.63, 3.8) is 0 Å². The Kier molecular flexibility index (Phi) is 6.20. The Morgan fingerprint density at radius 2 is 1.86 bits per heavy atom. The van der Waals surface area contributed by atoms with E-state index in [1.807, 2.05) is 0 Å². The topological polar surface area (TPSA) is 88.2 Å². The van der Waals surface area contributed by atoms with Gasteiger partial charge in [-0.05, 0) is 61.7 Å². The molecule has 2 aromatic carbocycles. The maximum Gasteiger partial charge on any atom is 0.417 e. The molecule has 0 unspecified atom stereocenters. The minimum absolute atomic E-state index is 0.0172. The number of benzene rings is 2. The molecule has 12 heteroatoms. The van der Waals surface area contributed by atoms with Crippen LogP contribution in [0.4, 0.5) is 13.2 Å². The first-order valence-corrected chi connectivity index (χ1v) is 9.68. The van der Waals surface area contributed by atoms with Crippen molar-refractivity contribution in [3.05, 3.63) is 61.3 Å². The van der Waals surface area contributed by atoms with Gasteiger partial charge in [0.15, 0.2) is 0 Å². The molecule has 0 saturated carbocycles. The zero-order valence-electron chi connectivity index (χ0n) is 14.0. The molecule has 0 aliphatic heterocycles. The predicted molar refractivity (Wildman–Crippen MR) is 104 cm³/mol. The van der Waals surface area contributed by atoms with Gasteiger partial charge in [-0.1, -0.05) is 22.8 Å². The molecular weight excluding hydrogens is 546 g/mol. The fraction of sp³-hybridized carbons (Fsp3) is 0.118. The van der Waals surface area contributed by atoms with E-state index >= 15 is 0 Å². The van der Waals surface area contributed by atoms with Gasteiger partial charge >= 0.3 is 18.0 Å². The van der Waals surface area contributed by atoms with Gasteiger partial charge in [-0.2, -0.15) is 18.2 Å². The molecule has 1 amide bonds. The summed E-state index contributed by atoms with van der Waals surface area (Å²) in [4.78, 5) is 16.1. The molecule has 29 heavy (non-hydrogen) atoms. The highest BCUT2D eigenvalue weighted by Crippen LogP contribution is 2.36. The van der Waals surface area contributed by atoms with Crippen molar-refractivity contribution in [1.29, 1.82) is 0 Å². The van der Waals surface area contributed by atoms with E-state index in [9.17, 15) is 23.1 Å². The van der Waals surface area contributed by atoms with Crippen molar-refractivity contribution >= 4 is 49.4 Å². The van der Waals surface area contributed by atoms with Gasteiger partial charge in [-0.25, -0.2) is 0 Å². The third-order valence-corrected chi connectivity index (χ3v) is 5.22. The maximum absolute atomic E-state index is 12.9. The van der Waals surface area contributed by atoms with Crippen LogP contribution in [0.3, 0.4) is 0 Å². The summed E-state index contributed by atoms with van der Waals surface area (Å²) < 4.78 is 44.4. The third kappa shape index (κ3) is 4.90. The number of phenols is 1. The summed E-state index contributed by atoms with van der Waals surface area (Å²) in [5.41, 5.74) is -0.340. The summed E-state index contributed by atoms with van der Waals surface area (Å²) in [6.07, 6.45) is -4.61. The van der Waals surface area contributed by atoms with Crippen LogP contribution in [-0.2, 0) is 12.7 Å². The van der Waals surface area contributed by atoms with Crippen LogP contribution >= 0.6 is 43.5 Å². The van der Waals surface area contributed by atoms with E-state index in [0.717, 1.165) is 12.1 Å². The standard InChI is InChI=1S/C17H9Br2ClF3N3O3/c18-10-4-8(5-11(19)13(10)27)14-25-16(29-26-14)15(28)24-6-7-1-2-12(20)9(3-7)17(21,22)23/h1-5,27H,6H2,(H,24,28). The molecular formula is C17H9Br2ClF3N3O3. The molecule has 6 nitrogen and oxygen atoms in total. The number of aromatic nitrogens is 2. The second-order valence-electron chi connectivity index (χ2n) is 5.71. The highest BCUT2D eigenvalue weighted by Gasteiger charge is 2.33. The quantitative estimate of drug-likeness (QED) is 0.440. The molecule has 3 aromatic rings. The lowest BCUT2D eigenvalue weighted by Crippen LogP contribution is -2.23. The molecule has 0 aliphatic rings. The second-order valence-corrected chi connectivity index (χ2v) is 7.82. The Hall–Kier alpha value is -2.11. The monoisotopic (exact) mass is 553 g/mol. The molecule has 0 radical (unpaired) electrons. The molecule has 2 N–H and O–H groups in total. The van der Waals surface area contributed by atoms with Crippen LogP contribution in [0, 0.1) is 0 Å². The van der Waals surface area contributed by atoms with E-state index in [1.54, 1.807) is 0 Å². The SMILES string of the molecule is O=C(NCc1ccc(Cl)c(C(F)(F)F)c1)c1nc(-c2cc(Br)c(O)c(Br)c2)no1. The lowest BCUT2D eigenvalue weighted by atomic mass is 10.1. The molecule has 1 heterocycles. The van der Waals surface area contributed by atoms with E-state index in [1.165, 1.54) is 18.2 Å². The summed E-state index contributed by atoms with van der Waals surface area (Å²) in [6, 6.07) is 6.38. The summed E-state index contributed by atoms with van der Waals surface area (Å²) in [7, 11) is 0. The average molecular weight is 556 g/mol. The van der Waals surface area contributed by atoms with Gasteiger partial charge in [0.05, 0.1) is 19.5 Å². The van der Waals surface area contributed by atoms with Crippen LogP contribution in [-0.4, -0.2) is 21.2 Å². The van der Waals surface area contributed by atoms with Gasteiger partial charge in [0.25, 0.3) is 0 Å². The summed E-state index contributed by atoms with van der Waals surface area (Å²) in [5, 5.41) is 15.4. The molecule has 0 fully saturated rings. The van der Waals surface area contributed by atoms with Gasteiger partial charge in [-0.15, -0.1) is 0 Å². The number of phenolic OH excluding ortho intramolecular Hbond substituents is 1. The molecule has 0 bridgehead atoms. The number of hydrogen-bond donors (Lipinski definition) is 2. The zero-order chi connectivity index (χ0) is 21.3. The summed E-state index contributed by atoms with van der Waals surface area (Å²) in [5.74, 6) is -1.06. The van der Waals surface area contributed by atoms with Crippen molar-refractivity contribution in [2.75, 3.05) is 0 Å². The Balaban J connectivity index is 1.73. The van der Waals surface area contributed by atoms with Crippen molar-refractivity contribution < 1.29 is 27.6 Å². The zero-order valence-corrected chi connectivity index (χ0v) is 17.9. The van der Waals surface area contributed by atoms with Gasteiger partial charge in [-0.3, -0.25) is 4.79 Å². The normalized spacial score (nSPS) is 11.5. The molecule has 152 valence electrons. The molecule has 0 saturated heterocycles. The van der Waals surface area contributed by atoms with Crippen LogP contribution in [0.2, 0.25) is 5.02 Å². The van der Waals surface area contributed by atoms with Crippen LogP contribution in [0.5, 0.6) is 5.75 Å². The number of halogens is 6. The van der Waals surface area contributed by atoms with Gasteiger partial charge in [0, 0.05) is 12.1 Å². The number of nitrogens with zero attached hydrogens (tertiary/aromatic N) is 2. The lowest BCUT2D eigenvalue weighted by Gasteiger charge is -2.11. The van der Waals surface area contributed by atoms with Crippen LogP contribution in [0.15, 0.2) is 43.8 Å². The number of hydrogen-bond acceptors (Lipinski definition) is 5. The average Bonchev–Trinajstić information content (AvgIpc) is 3.14. The number of nitrogens with one attached hydrogen (secondary N) is 1. The van der Waals surface area contributed by atoms with E-state index in [-0.39, 0.29) is 29.6 Å². The van der Waals surface area contributed by atoms with E-state index in [0.29, 0.717) is 14.5 Å². The first kappa shape index (κ1) is 21.6. The number of aromatic hydroxyl groups is 1. The van der Waals surface area contributed by atoms with Gasteiger partial charge < -0.3 is 14.9 Å². The summed E-state index contributed by atoms with van der Waals surface area (Å²) >= 11 is 11.9. The van der Waals surface area contributed by atoms with Crippen LogP contribution < -0.4 is 5.32 Å². The number of carbonyl (C=O) groups excluding carboxylic acids is 1. The highest BCUT2D eigenvalue weighted by atomic mass is 79.9. The minimum Gasteiger partial charge on any atom is -0.506 e. The smallest absolute Gasteiger partial charge is 0.417 e. The van der Waals surface area contributed by atoms with Crippen LogP contribution in [0.1, 0.15) is 21.8 Å². The Bertz CT molecular complexity index is 1070. The largest absolute Gasteiger partial charge is 0.506 e. The maximum atomic E-state index is 12.9. The predicted octanol–water partition coefficient (Wildman–Crippen LogP) is 5.57. The van der Waals surface area contributed by atoms with Crippen molar-refractivity contribution in [3.8, 4) is 17.1 Å². The first-order chi connectivity index (χ1) is 13.6. The first-order valence-electron chi connectivity index (χ1n) is 7.72. The molecule has 1 aromatic heterocycles. The fourth-order valence-corrected chi connectivity index (χ4v) is 3.70. The van der Waals surface area contributed by atoms with Gasteiger partial charge in [0.2, 0.25) is 5.82 Å². The second kappa shape index (κ2) is 8.33. The van der Waals surface area contributed by atoms with Gasteiger partial charge in [0.1, 0.15) is 5.75 Å². The number of carbonyl (C=O) groups is 1. The third-order valence-electron chi connectivity index (χ3n) is 3.68. The van der Waals surface area contributed by atoms with E-state index < -0.39 is 22.7 Å². The van der Waals surface area contributed by atoms with E-state index in [4.69, 9.17) is 16.1 Å². The Labute approximate surface area is 183 Å². The highest BCUT2D eigenvalue weighted by molar-refractivity contribution is 9.11. The summed E-state index contributed by atoms with van der Waals surface area (Å²) in [6.45, 7) is -0.201. The molecule has 3 rings (SSSR count). The van der Waals surface area contributed by atoms with Crippen molar-refractivity contribution in [1.82, 2.24) is 15.5 Å². The molecule has 0 spiro atoms. The number of amides is 1. The van der Waals surface area contributed by atoms with Crippen LogP contribution in [0.25, 0.3) is 11.4 Å². The molecule has 0 atom stereocenters. The molecule has 0 aliphatic carbocycles. The number of rotatable bonds is 4. The van der Waals surface area contributed by atoms with E-state index in [2.05, 4.69) is 47.3 Å². The van der Waals surface area contributed by atoms with Crippen molar-refractivity contribution in [2.24, 2.45) is 0 Å². The number of alkyl halides is 3. The Morgan fingerprint density at radius 3 is 2.48 bits per heavy atom. The fourth-order valence-electron chi connectivity index (χ4n) is 2.29.